The Morgan fingerprint density at radius 1 is 1.00 bits per heavy atom. The lowest BCUT2D eigenvalue weighted by Crippen LogP contribution is -2.12. The fourth-order valence-electron chi connectivity index (χ4n) is 2.02. The van der Waals surface area contributed by atoms with Gasteiger partial charge in [-0.3, -0.25) is 0 Å². The third-order valence-corrected chi connectivity index (χ3v) is 3.08. The van der Waals surface area contributed by atoms with E-state index in [-0.39, 0.29) is 6.07 Å². The average Bonchev–Trinajstić information content (AvgIpc) is 2.49. The van der Waals surface area contributed by atoms with Crippen LogP contribution in [-0.2, 0) is 0 Å². The molecule has 21 heavy (non-hydrogen) atoms. The van der Waals surface area contributed by atoms with Gasteiger partial charge in [0, 0.05) is 11.6 Å². The molecule has 1 atom stereocenters. The van der Waals surface area contributed by atoms with E-state index in [9.17, 15) is 17.6 Å². The Morgan fingerprint density at radius 2 is 1.57 bits per heavy atom. The molecule has 2 aromatic carbocycles. The van der Waals surface area contributed by atoms with E-state index in [4.69, 9.17) is 4.74 Å². The van der Waals surface area contributed by atoms with Crippen molar-refractivity contribution in [3.8, 4) is 5.75 Å². The van der Waals surface area contributed by atoms with Gasteiger partial charge in [-0.1, -0.05) is 18.2 Å². The molecule has 2 rings (SSSR count). The molecule has 0 fully saturated rings. The molecule has 0 bridgehead atoms. The van der Waals surface area contributed by atoms with Gasteiger partial charge < -0.3 is 10.1 Å². The predicted octanol–water partition coefficient (Wildman–Crippen LogP) is 4.42. The van der Waals surface area contributed by atoms with Crippen molar-refractivity contribution in [3.63, 3.8) is 0 Å². The molecule has 0 aliphatic rings. The summed E-state index contributed by atoms with van der Waals surface area (Å²) in [6.07, 6.45) is 0. The van der Waals surface area contributed by atoms with Crippen LogP contribution in [0.25, 0.3) is 0 Å². The van der Waals surface area contributed by atoms with E-state index in [1.807, 2.05) is 0 Å². The Morgan fingerprint density at radius 3 is 2.14 bits per heavy atom. The largest absolute Gasteiger partial charge is 0.496 e. The van der Waals surface area contributed by atoms with Crippen LogP contribution in [0.3, 0.4) is 0 Å². The predicted molar refractivity (Wildman–Crippen MR) is 71.3 cm³/mol. The van der Waals surface area contributed by atoms with E-state index in [0.717, 1.165) is 0 Å². The van der Waals surface area contributed by atoms with Crippen LogP contribution in [0.1, 0.15) is 18.5 Å². The van der Waals surface area contributed by atoms with E-state index in [1.54, 1.807) is 31.2 Å². The number of hydrogen-bond donors (Lipinski definition) is 1. The second kappa shape index (κ2) is 6.03. The Balaban J connectivity index is 2.38. The Hall–Kier alpha value is -2.24. The van der Waals surface area contributed by atoms with Crippen LogP contribution in [0.5, 0.6) is 5.75 Å². The topological polar surface area (TPSA) is 21.3 Å². The molecule has 0 saturated heterocycles. The molecule has 0 spiro atoms. The zero-order chi connectivity index (χ0) is 15.6. The van der Waals surface area contributed by atoms with E-state index < -0.39 is 35.0 Å². The third-order valence-electron chi connectivity index (χ3n) is 3.08. The molecule has 1 unspecified atom stereocenters. The summed E-state index contributed by atoms with van der Waals surface area (Å²) in [6.45, 7) is 1.60. The molecule has 6 heteroatoms. The fraction of sp³-hybridized carbons (Fsp3) is 0.200. The standard InChI is InChI=1S/C15H13F4NO/c1-8(9-5-3-4-6-12(9)21-2)20-15-13(18)10(16)7-11(17)14(15)19/h3-8,20H,1-2H3. The van der Waals surface area contributed by atoms with Crippen LogP contribution in [-0.4, -0.2) is 7.11 Å². The Labute approximate surface area is 119 Å². The second-order valence-corrected chi connectivity index (χ2v) is 4.45. The highest BCUT2D eigenvalue weighted by Gasteiger charge is 2.21. The average molecular weight is 299 g/mol. The van der Waals surface area contributed by atoms with Crippen LogP contribution in [0, 0.1) is 23.3 Å². The van der Waals surface area contributed by atoms with Crippen molar-refractivity contribution < 1.29 is 22.3 Å². The van der Waals surface area contributed by atoms with Gasteiger partial charge in [0.05, 0.1) is 13.2 Å². The number of ether oxygens (including phenoxy) is 1. The van der Waals surface area contributed by atoms with Gasteiger partial charge in [0.1, 0.15) is 11.4 Å². The van der Waals surface area contributed by atoms with Gasteiger partial charge in [-0.25, -0.2) is 17.6 Å². The summed E-state index contributed by atoms with van der Waals surface area (Å²) in [5.41, 5.74) is -0.241. The summed E-state index contributed by atoms with van der Waals surface area (Å²) >= 11 is 0. The fourth-order valence-corrected chi connectivity index (χ4v) is 2.02. The highest BCUT2D eigenvalue weighted by atomic mass is 19.2. The normalized spacial score (nSPS) is 12.1. The molecule has 0 radical (unpaired) electrons. The highest BCUT2D eigenvalue weighted by molar-refractivity contribution is 5.50. The van der Waals surface area contributed by atoms with Gasteiger partial charge in [-0.05, 0) is 13.0 Å². The molecule has 2 nitrogen and oxygen atoms in total. The SMILES string of the molecule is COc1ccccc1C(C)Nc1c(F)c(F)cc(F)c1F. The maximum absolute atomic E-state index is 13.6. The smallest absolute Gasteiger partial charge is 0.185 e. The maximum atomic E-state index is 13.6. The number of para-hydroxylation sites is 1. The molecule has 0 aliphatic carbocycles. The molecule has 1 N–H and O–H groups in total. The monoisotopic (exact) mass is 299 g/mol. The zero-order valence-corrected chi connectivity index (χ0v) is 11.4. The molecule has 2 aromatic rings. The maximum Gasteiger partial charge on any atom is 0.185 e. The molecule has 0 saturated carbocycles. The van der Waals surface area contributed by atoms with Gasteiger partial charge in [0.2, 0.25) is 0 Å². The van der Waals surface area contributed by atoms with Crippen LogP contribution >= 0.6 is 0 Å². The van der Waals surface area contributed by atoms with Gasteiger partial charge in [-0.15, -0.1) is 0 Å². The lowest BCUT2D eigenvalue weighted by atomic mass is 10.1. The number of methoxy groups -OCH3 is 1. The molecular weight excluding hydrogens is 286 g/mol. The van der Waals surface area contributed by atoms with Crippen molar-refractivity contribution >= 4 is 5.69 Å². The van der Waals surface area contributed by atoms with Gasteiger partial charge in [-0.2, -0.15) is 0 Å². The number of hydrogen-bond acceptors (Lipinski definition) is 2. The van der Waals surface area contributed by atoms with E-state index in [0.29, 0.717) is 11.3 Å². The summed E-state index contributed by atoms with van der Waals surface area (Å²) in [6, 6.07) is 6.36. The summed E-state index contributed by atoms with van der Waals surface area (Å²) < 4.78 is 58.7. The van der Waals surface area contributed by atoms with Crippen molar-refractivity contribution in [2.45, 2.75) is 13.0 Å². The first-order valence-electron chi connectivity index (χ1n) is 6.18. The molecule has 0 aliphatic heterocycles. The molecule has 0 aromatic heterocycles. The van der Waals surface area contributed by atoms with Gasteiger partial charge in [0.15, 0.2) is 23.3 Å². The van der Waals surface area contributed by atoms with Crippen LogP contribution < -0.4 is 10.1 Å². The molecular formula is C15H13F4NO. The third kappa shape index (κ3) is 2.94. The quantitative estimate of drug-likeness (QED) is 0.666. The zero-order valence-electron chi connectivity index (χ0n) is 11.4. The van der Waals surface area contributed by atoms with Crippen LogP contribution in [0.4, 0.5) is 23.2 Å². The second-order valence-electron chi connectivity index (χ2n) is 4.45. The van der Waals surface area contributed by atoms with Crippen molar-refractivity contribution in [3.05, 3.63) is 59.2 Å². The van der Waals surface area contributed by atoms with E-state index in [2.05, 4.69) is 5.32 Å². The first-order chi connectivity index (χ1) is 9.95. The summed E-state index contributed by atoms with van der Waals surface area (Å²) in [7, 11) is 1.45. The molecule has 112 valence electrons. The number of anilines is 1. The van der Waals surface area contributed by atoms with Crippen molar-refractivity contribution in [1.29, 1.82) is 0 Å². The summed E-state index contributed by atoms with van der Waals surface area (Å²) in [5.74, 6) is -5.34. The van der Waals surface area contributed by atoms with Crippen molar-refractivity contribution in [2.24, 2.45) is 0 Å². The lowest BCUT2D eigenvalue weighted by Gasteiger charge is -2.19. The number of nitrogens with one attached hydrogen (secondary N) is 1. The van der Waals surface area contributed by atoms with E-state index >= 15 is 0 Å². The summed E-state index contributed by atoms with van der Waals surface area (Å²) in [5, 5.41) is 2.44. The Bertz CT molecular complexity index is 634. The first kappa shape index (κ1) is 15.2. The van der Waals surface area contributed by atoms with Crippen molar-refractivity contribution in [2.75, 3.05) is 12.4 Å². The minimum atomic E-state index is -1.46. The first-order valence-corrected chi connectivity index (χ1v) is 6.18. The van der Waals surface area contributed by atoms with E-state index in [1.165, 1.54) is 7.11 Å². The molecule has 0 amide bonds. The highest BCUT2D eigenvalue weighted by Crippen LogP contribution is 2.31. The van der Waals surface area contributed by atoms with Crippen LogP contribution in [0.15, 0.2) is 30.3 Å². The number of rotatable bonds is 4. The van der Waals surface area contributed by atoms with Crippen LogP contribution in [0.2, 0.25) is 0 Å². The minimum Gasteiger partial charge on any atom is -0.496 e. The lowest BCUT2D eigenvalue weighted by molar-refractivity contribution is 0.407. The number of benzene rings is 2. The van der Waals surface area contributed by atoms with Crippen molar-refractivity contribution in [1.82, 2.24) is 0 Å². The number of halogens is 4. The molecule has 0 heterocycles. The summed E-state index contributed by atoms with van der Waals surface area (Å²) in [4.78, 5) is 0. The van der Waals surface area contributed by atoms with Gasteiger partial charge >= 0.3 is 0 Å². The van der Waals surface area contributed by atoms with Gasteiger partial charge in [0.25, 0.3) is 0 Å². The minimum absolute atomic E-state index is 0.170. The Kier molecular flexibility index (Phi) is 4.35.